The zero-order chi connectivity index (χ0) is 12.2. The van der Waals surface area contributed by atoms with Gasteiger partial charge in [0.05, 0.1) is 0 Å². The number of rotatable bonds is 4. The van der Waals surface area contributed by atoms with Gasteiger partial charge in [-0.3, -0.25) is 0 Å². The van der Waals surface area contributed by atoms with Gasteiger partial charge in [0.15, 0.2) is 0 Å². The van der Waals surface area contributed by atoms with E-state index in [2.05, 4.69) is 44.4 Å². The normalized spacial score (nSPS) is 11.2. The number of benzene rings is 1. The monoisotopic (exact) mass is 327 g/mol. The fraction of sp³-hybridized carbons (Fsp3) is 0.462. The summed E-state index contributed by atoms with van der Waals surface area (Å²) in [5.41, 5.74) is 1.42. The van der Waals surface area contributed by atoms with Crippen molar-refractivity contribution in [2.75, 3.05) is 6.54 Å². The van der Waals surface area contributed by atoms with Crippen LogP contribution < -0.4 is 8.90 Å². The second-order valence-corrected chi connectivity index (χ2v) is 19.5. The first-order valence-corrected chi connectivity index (χ1v) is 15.7. The quantitative estimate of drug-likeness (QED) is 0.842. The standard InChI is InChI=1S/C10H12NO.3CH3.Sn/c1-9(12)11-8-7-10-5-3-2-4-6-10;;;;/h2-5H,7-8H2,1H3,(H,11,12);3*1H3;. The minimum absolute atomic E-state index is 0.0526. The predicted molar refractivity (Wildman–Crippen MR) is 71.8 cm³/mol. The van der Waals surface area contributed by atoms with Crippen molar-refractivity contribution in [3.05, 3.63) is 29.8 Å². The first kappa shape index (κ1) is 13.6. The van der Waals surface area contributed by atoms with Gasteiger partial charge >= 0.3 is 103 Å². The van der Waals surface area contributed by atoms with Crippen molar-refractivity contribution in [2.24, 2.45) is 0 Å². The Morgan fingerprint density at radius 1 is 1.25 bits per heavy atom. The van der Waals surface area contributed by atoms with Crippen LogP contribution >= 0.6 is 0 Å². The van der Waals surface area contributed by atoms with Crippen molar-refractivity contribution in [2.45, 2.75) is 28.2 Å². The van der Waals surface area contributed by atoms with Gasteiger partial charge in [-0.05, 0) is 0 Å². The molecular formula is C13H21NOSn. The Hall–Kier alpha value is -0.511. The van der Waals surface area contributed by atoms with Crippen molar-refractivity contribution in [3.63, 3.8) is 0 Å². The van der Waals surface area contributed by atoms with Crippen LogP contribution in [0, 0.1) is 0 Å². The summed E-state index contributed by atoms with van der Waals surface area (Å²) in [7, 11) is 0. The summed E-state index contributed by atoms with van der Waals surface area (Å²) < 4.78 is 1.57. The molecule has 0 bridgehead atoms. The first-order chi connectivity index (χ1) is 7.41. The van der Waals surface area contributed by atoms with Crippen LogP contribution in [0.2, 0.25) is 14.8 Å². The van der Waals surface area contributed by atoms with Crippen molar-refractivity contribution < 1.29 is 4.79 Å². The molecular weight excluding hydrogens is 305 g/mol. The van der Waals surface area contributed by atoms with Crippen LogP contribution in [0.4, 0.5) is 0 Å². The Morgan fingerprint density at radius 2 is 1.88 bits per heavy atom. The van der Waals surface area contributed by atoms with Crippen LogP contribution in [-0.2, 0) is 11.2 Å². The third kappa shape index (κ3) is 4.16. The van der Waals surface area contributed by atoms with Gasteiger partial charge in [-0.25, -0.2) is 0 Å². The summed E-state index contributed by atoms with van der Waals surface area (Å²) in [5, 5.41) is 2.86. The summed E-state index contributed by atoms with van der Waals surface area (Å²) in [5.74, 6) is 0.0526. The van der Waals surface area contributed by atoms with Crippen LogP contribution in [0.5, 0.6) is 0 Å². The summed E-state index contributed by atoms with van der Waals surface area (Å²) in [6.07, 6.45) is 0.948. The van der Waals surface area contributed by atoms with E-state index >= 15 is 0 Å². The van der Waals surface area contributed by atoms with Crippen LogP contribution in [-0.4, -0.2) is 30.8 Å². The van der Waals surface area contributed by atoms with Crippen molar-refractivity contribution in [3.8, 4) is 0 Å². The van der Waals surface area contributed by atoms with E-state index in [1.807, 2.05) is 0 Å². The number of nitrogens with one attached hydrogen (secondary N) is 1. The molecule has 0 saturated heterocycles. The third-order valence-electron chi connectivity index (χ3n) is 2.59. The number of amides is 1. The Bertz CT molecular complexity index is 368. The van der Waals surface area contributed by atoms with E-state index < -0.39 is 18.4 Å². The molecule has 0 heterocycles. The molecule has 1 aromatic rings. The van der Waals surface area contributed by atoms with Gasteiger partial charge in [0.1, 0.15) is 0 Å². The first-order valence-electron chi connectivity index (χ1n) is 5.74. The zero-order valence-electron chi connectivity index (χ0n) is 10.6. The van der Waals surface area contributed by atoms with Gasteiger partial charge in [0.25, 0.3) is 0 Å². The maximum atomic E-state index is 10.8. The van der Waals surface area contributed by atoms with Gasteiger partial charge in [0.2, 0.25) is 0 Å². The number of carbonyl (C=O) groups excluding carboxylic acids is 1. The molecule has 1 amide bonds. The van der Waals surface area contributed by atoms with E-state index in [4.69, 9.17) is 0 Å². The summed E-state index contributed by atoms with van der Waals surface area (Å²) in [6, 6.07) is 8.67. The molecule has 0 fully saturated rings. The van der Waals surface area contributed by atoms with Crippen LogP contribution in [0.15, 0.2) is 24.3 Å². The molecule has 88 valence electrons. The molecule has 16 heavy (non-hydrogen) atoms. The van der Waals surface area contributed by atoms with E-state index in [9.17, 15) is 4.79 Å². The fourth-order valence-corrected chi connectivity index (χ4v) is 6.89. The maximum absolute atomic E-state index is 10.8. The zero-order valence-corrected chi connectivity index (χ0v) is 13.5. The Morgan fingerprint density at radius 3 is 2.44 bits per heavy atom. The van der Waals surface area contributed by atoms with E-state index in [0.717, 1.165) is 13.0 Å². The molecule has 0 aliphatic carbocycles. The van der Waals surface area contributed by atoms with Gasteiger partial charge < -0.3 is 0 Å². The van der Waals surface area contributed by atoms with E-state index in [1.165, 1.54) is 5.56 Å². The molecule has 2 nitrogen and oxygen atoms in total. The van der Waals surface area contributed by atoms with Crippen LogP contribution in [0.25, 0.3) is 0 Å². The van der Waals surface area contributed by atoms with Gasteiger partial charge in [-0.2, -0.15) is 0 Å². The molecule has 1 rings (SSSR count). The molecule has 0 radical (unpaired) electrons. The topological polar surface area (TPSA) is 29.1 Å². The van der Waals surface area contributed by atoms with Crippen molar-refractivity contribution >= 4 is 27.9 Å². The molecule has 1 aromatic carbocycles. The van der Waals surface area contributed by atoms with Gasteiger partial charge in [-0.15, -0.1) is 0 Å². The molecule has 0 spiro atoms. The average molecular weight is 326 g/mol. The second kappa shape index (κ2) is 5.71. The number of hydrogen-bond donors (Lipinski definition) is 1. The molecule has 3 heteroatoms. The van der Waals surface area contributed by atoms with Crippen molar-refractivity contribution in [1.29, 1.82) is 0 Å². The van der Waals surface area contributed by atoms with E-state index in [-0.39, 0.29) is 5.91 Å². The number of carbonyl (C=O) groups is 1. The molecule has 0 saturated carbocycles. The molecule has 0 unspecified atom stereocenters. The third-order valence-corrected chi connectivity index (χ3v) is 8.60. The van der Waals surface area contributed by atoms with E-state index in [0.29, 0.717) is 0 Å². The van der Waals surface area contributed by atoms with E-state index in [1.54, 1.807) is 10.5 Å². The number of hydrogen-bond acceptors (Lipinski definition) is 1. The van der Waals surface area contributed by atoms with Crippen LogP contribution in [0.1, 0.15) is 12.5 Å². The van der Waals surface area contributed by atoms with Crippen molar-refractivity contribution in [1.82, 2.24) is 5.32 Å². The van der Waals surface area contributed by atoms with Gasteiger partial charge in [-0.1, -0.05) is 0 Å². The predicted octanol–water partition coefficient (Wildman–Crippen LogP) is 1.91. The van der Waals surface area contributed by atoms with Crippen LogP contribution in [0.3, 0.4) is 0 Å². The average Bonchev–Trinajstić information content (AvgIpc) is 2.16. The fourth-order valence-electron chi connectivity index (χ4n) is 1.84. The second-order valence-electron chi connectivity index (χ2n) is 5.14. The SMILES string of the molecule is CC(=O)NCCc1cccc[c]1[Sn]([CH3])([CH3])[CH3]. The molecule has 1 N–H and O–H groups in total. The summed E-state index contributed by atoms with van der Waals surface area (Å²) in [4.78, 5) is 18.1. The molecule has 0 aromatic heterocycles. The van der Waals surface area contributed by atoms with Gasteiger partial charge in [0, 0.05) is 0 Å². The molecule has 0 aliphatic heterocycles. The minimum atomic E-state index is -2.00. The molecule has 0 atom stereocenters. The summed E-state index contributed by atoms with van der Waals surface area (Å²) >= 11 is -2.00. The Labute approximate surface area is 102 Å². The summed E-state index contributed by atoms with van der Waals surface area (Å²) in [6.45, 7) is 2.31. The molecule has 0 aliphatic rings. The Kier molecular flexibility index (Phi) is 4.84. The Balaban J connectivity index is 2.76.